The van der Waals surface area contributed by atoms with Crippen molar-refractivity contribution in [1.82, 2.24) is 0 Å². The number of rotatable bonds is 5. The van der Waals surface area contributed by atoms with Gasteiger partial charge in [-0.05, 0) is 0 Å². The van der Waals surface area contributed by atoms with E-state index in [1.54, 1.807) is 0 Å². The van der Waals surface area contributed by atoms with Crippen molar-refractivity contribution in [1.29, 1.82) is 0 Å². The first-order valence-electron chi connectivity index (χ1n) is 4.28. The zero-order valence-electron chi connectivity index (χ0n) is 8.68. The second kappa shape index (κ2) is 8.34. The van der Waals surface area contributed by atoms with Crippen LogP contribution in [0.1, 0.15) is 5.56 Å². The number of hydrogen-bond acceptors (Lipinski definition) is 3. The minimum absolute atomic E-state index is 0. The summed E-state index contributed by atoms with van der Waals surface area (Å²) < 4.78 is 0. The molecular weight excluding hydrogens is 268 g/mol. The standard InChI is InChI=1S/C10H13NO2Se.Na/c11-9(10(12)13)7-14-6-8-4-2-1-3-5-8;/h1-5,9H,6-7,11H2,(H,12,13);/q;+1/p-1/t9-;/m1./s1. The molecule has 0 radical (unpaired) electrons. The van der Waals surface area contributed by atoms with Crippen LogP contribution in [-0.2, 0) is 10.1 Å². The van der Waals surface area contributed by atoms with Crippen molar-refractivity contribution in [2.75, 3.05) is 0 Å². The zero-order valence-corrected chi connectivity index (χ0v) is 12.4. The van der Waals surface area contributed by atoms with Crippen molar-refractivity contribution in [2.24, 2.45) is 5.73 Å². The van der Waals surface area contributed by atoms with Gasteiger partial charge in [0.05, 0.1) is 0 Å². The van der Waals surface area contributed by atoms with Gasteiger partial charge in [0.15, 0.2) is 0 Å². The van der Waals surface area contributed by atoms with Gasteiger partial charge in [-0.15, -0.1) is 0 Å². The summed E-state index contributed by atoms with van der Waals surface area (Å²) in [4.78, 5) is 10.3. The van der Waals surface area contributed by atoms with Crippen LogP contribution in [0.15, 0.2) is 30.3 Å². The smallest absolute Gasteiger partial charge is 1.00 e. The van der Waals surface area contributed by atoms with Gasteiger partial charge in [0, 0.05) is 0 Å². The third kappa shape index (κ3) is 6.36. The van der Waals surface area contributed by atoms with Crippen LogP contribution in [0.3, 0.4) is 0 Å². The summed E-state index contributed by atoms with van der Waals surface area (Å²) in [5.74, 6) is -1.15. The Labute approximate surface area is 118 Å². The van der Waals surface area contributed by atoms with Gasteiger partial charge in [0.1, 0.15) is 0 Å². The average molecular weight is 280 g/mol. The molecule has 0 fully saturated rings. The number of aliphatic carboxylic acids is 1. The van der Waals surface area contributed by atoms with Crippen LogP contribution in [0.2, 0.25) is 5.32 Å². The molecule has 1 aromatic carbocycles. The SMILES string of the molecule is N[C@H](C[Se]Cc1ccccc1)C(=O)[O-].[Na+]. The molecular formula is C10H12NNaO2Se. The van der Waals surface area contributed by atoms with Crippen molar-refractivity contribution >= 4 is 20.9 Å². The van der Waals surface area contributed by atoms with E-state index in [1.807, 2.05) is 30.3 Å². The molecule has 0 aliphatic carbocycles. The summed E-state index contributed by atoms with van der Waals surface area (Å²) in [6.07, 6.45) is 0. The van der Waals surface area contributed by atoms with E-state index < -0.39 is 12.0 Å². The molecule has 0 spiro atoms. The molecule has 0 saturated heterocycles. The monoisotopic (exact) mass is 281 g/mol. The minimum Gasteiger partial charge on any atom is 1.00 e. The van der Waals surface area contributed by atoms with Crippen LogP contribution in [-0.4, -0.2) is 27.0 Å². The van der Waals surface area contributed by atoms with Gasteiger partial charge in [-0.25, -0.2) is 0 Å². The van der Waals surface area contributed by atoms with E-state index in [-0.39, 0.29) is 44.5 Å². The fourth-order valence-corrected chi connectivity index (χ4v) is 2.91. The van der Waals surface area contributed by atoms with E-state index in [0.29, 0.717) is 5.32 Å². The summed E-state index contributed by atoms with van der Waals surface area (Å²) in [6, 6.07) is 9.18. The van der Waals surface area contributed by atoms with Crippen molar-refractivity contribution in [2.45, 2.75) is 16.7 Å². The fourth-order valence-electron chi connectivity index (χ4n) is 0.946. The first-order valence-corrected chi connectivity index (χ1v) is 6.70. The quantitative estimate of drug-likeness (QED) is 0.567. The summed E-state index contributed by atoms with van der Waals surface area (Å²) in [7, 11) is 0. The molecule has 0 unspecified atom stereocenters. The summed E-state index contributed by atoms with van der Waals surface area (Å²) in [5.41, 5.74) is 6.57. The maximum Gasteiger partial charge on any atom is 1.00 e. The molecule has 5 heteroatoms. The molecule has 0 aliphatic heterocycles. The molecule has 0 aliphatic rings. The Morgan fingerprint density at radius 2 is 2.00 bits per heavy atom. The van der Waals surface area contributed by atoms with Gasteiger partial charge in [-0.3, -0.25) is 0 Å². The van der Waals surface area contributed by atoms with E-state index in [1.165, 1.54) is 5.56 Å². The number of nitrogens with two attached hydrogens (primary N) is 1. The van der Waals surface area contributed by atoms with Crippen molar-refractivity contribution < 1.29 is 39.5 Å². The first kappa shape index (κ1) is 15.2. The number of benzene rings is 1. The molecule has 0 amide bonds. The zero-order chi connectivity index (χ0) is 10.4. The number of hydrogen-bond donors (Lipinski definition) is 1. The third-order valence-corrected chi connectivity index (χ3v) is 4.09. The van der Waals surface area contributed by atoms with Crippen LogP contribution < -0.4 is 40.4 Å². The average Bonchev–Trinajstić information content (AvgIpc) is 2.19. The fraction of sp³-hybridized carbons (Fsp3) is 0.300. The normalized spacial score (nSPS) is 11.5. The number of carbonyl (C=O) groups excluding carboxylic acids is 1. The first-order chi connectivity index (χ1) is 6.70. The predicted octanol–water partition coefficient (Wildman–Crippen LogP) is -3.61. The Morgan fingerprint density at radius 1 is 1.40 bits per heavy atom. The van der Waals surface area contributed by atoms with Crippen molar-refractivity contribution in [3.05, 3.63) is 35.9 Å². The molecule has 0 saturated carbocycles. The van der Waals surface area contributed by atoms with Crippen LogP contribution in [0.4, 0.5) is 0 Å². The molecule has 15 heavy (non-hydrogen) atoms. The molecule has 0 heterocycles. The van der Waals surface area contributed by atoms with Crippen molar-refractivity contribution in [3.63, 3.8) is 0 Å². The predicted molar refractivity (Wildman–Crippen MR) is 53.7 cm³/mol. The molecule has 1 atom stereocenters. The van der Waals surface area contributed by atoms with E-state index in [9.17, 15) is 9.90 Å². The van der Waals surface area contributed by atoms with E-state index in [4.69, 9.17) is 5.73 Å². The van der Waals surface area contributed by atoms with Crippen LogP contribution in [0.25, 0.3) is 0 Å². The molecule has 0 bridgehead atoms. The Balaban J connectivity index is 0.00000196. The Bertz CT molecular complexity index is 295. The Morgan fingerprint density at radius 3 is 2.53 bits per heavy atom. The van der Waals surface area contributed by atoms with Gasteiger partial charge in [0.25, 0.3) is 0 Å². The maximum atomic E-state index is 10.3. The van der Waals surface area contributed by atoms with Gasteiger partial charge < -0.3 is 0 Å². The van der Waals surface area contributed by atoms with Gasteiger partial charge in [-0.2, -0.15) is 0 Å². The third-order valence-electron chi connectivity index (χ3n) is 1.71. The van der Waals surface area contributed by atoms with Crippen LogP contribution in [0, 0.1) is 0 Å². The largest absolute Gasteiger partial charge is 1.00 e. The number of carboxylic acids is 1. The molecule has 0 aromatic heterocycles. The molecule has 3 nitrogen and oxygen atoms in total. The second-order valence-electron chi connectivity index (χ2n) is 2.93. The summed E-state index contributed by atoms with van der Waals surface area (Å²) >= 11 is 0.237. The number of carboxylic acid groups (broad SMARTS) is 1. The van der Waals surface area contributed by atoms with Gasteiger partial charge in [0.2, 0.25) is 0 Å². The van der Waals surface area contributed by atoms with Gasteiger partial charge in [-0.1, -0.05) is 0 Å². The molecule has 76 valence electrons. The maximum absolute atomic E-state index is 10.3. The molecule has 1 aromatic rings. The van der Waals surface area contributed by atoms with E-state index in [2.05, 4.69) is 0 Å². The second-order valence-corrected chi connectivity index (χ2v) is 5.09. The van der Waals surface area contributed by atoms with Gasteiger partial charge >= 0.3 is 119 Å². The van der Waals surface area contributed by atoms with E-state index >= 15 is 0 Å². The summed E-state index contributed by atoms with van der Waals surface area (Å²) in [5, 5.41) is 11.8. The Hall–Kier alpha value is 0.169. The number of carbonyl (C=O) groups is 1. The van der Waals surface area contributed by atoms with Crippen molar-refractivity contribution in [3.8, 4) is 0 Å². The minimum atomic E-state index is -1.15. The van der Waals surface area contributed by atoms with Crippen LogP contribution >= 0.6 is 0 Å². The molecule has 1 rings (SSSR count). The summed E-state index contributed by atoms with van der Waals surface area (Å²) in [6.45, 7) is 0. The van der Waals surface area contributed by atoms with Crippen LogP contribution in [0.5, 0.6) is 0 Å². The molecule has 2 N–H and O–H groups in total. The Kier molecular flexibility index (Phi) is 8.43. The topological polar surface area (TPSA) is 66.2 Å². The van der Waals surface area contributed by atoms with E-state index in [0.717, 1.165) is 5.32 Å².